The van der Waals surface area contributed by atoms with Crippen molar-refractivity contribution in [2.75, 3.05) is 26.2 Å². The van der Waals surface area contributed by atoms with Crippen LogP contribution in [-0.2, 0) is 7.05 Å². The summed E-state index contributed by atoms with van der Waals surface area (Å²) in [7, 11) is 1.80. The molecule has 1 aliphatic rings. The molecule has 0 radical (unpaired) electrons. The summed E-state index contributed by atoms with van der Waals surface area (Å²) in [4.78, 5) is 19.2. The van der Waals surface area contributed by atoms with Gasteiger partial charge in [-0.15, -0.1) is 0 Å². The van der Waals surface area contributed by atoms with E-state index in [1.807, 2.05) is 0 Å². The molecule has 6 heteroatoms. The molecule has 1 aromatic carbocycles. The number of carbonyl (C=O) groups is 1. The minimum atomic E-state index is -0.0902. The maximum absolute atomic E-state index is 12.5. The normalized spacial score (nSPS) is 15.4. The van der Waals surface area contributed by atoms with Crippen LogP contribution in [-0.4, -0.2) is 46.5 Å². The molecule has 1 aliphatic heterocycles. The number of nitrogens with zero attached hydrogens (tertiary/aromatic N) is 3. The summed E-state index contributed by atoms with van der Waals surface area (Å²) >= 11 is 5.87. The highest BCUT2D eigenvalue weighted by atomic mass is 35.5. The fourth-order valence-corrected chi connectivity index (χ4v) is 3.06. The first-order valence-corrected chi connectivity index (χ1v) is 8.70. The Balaban J connectivity index is 1.60. The molecule has 0 atom stereocenters. The minimum absolute atomic E-state index is 0.0902. The van der Waals surface area contributed by atoms with Gasteiger partial charge in [-0.3, -0.25) is 14.3 Å². The SMILES string of the molecule is Cn1c(C(=O)c2ccc(Cl)cc2)cnc1OCCN1CCCCC1. The van der Waals surface area contributed by atoms with Crippen LogP contribution >= 0.6 is 11.6 Å². The van der Waals surface area contributed by atoms with Gasteiger partial charge in [0.1, 0.15) is 12.3 Å². The number of hydrogen-bond donors (Lipinski definition) is 0. The van der Waals surface area contributed by atoms with Gasteiger partial charge in [-0.05, 0) is 50.2 Å². The second kappa shape index (κ2) is 7.81. The van der Waals surface area contributed by atoms with E-state index in [9.17, 15) is 4.79 Å². The Labute approximate surface area is 147 Å². The van der Waals surface area contributed by atoms with E-state index in [0.717, 1.165) is 19.6 Å². The van der Waals surface area contributed by atoms with E-state index in [-0.39, 0.29) is 5.78 Å². The molecule has 1 fully saturated rings. The molecule has 5 nitrogen and oxygen atoms in total. The third kappa shape index (κ3) is 3.97. The zero-order valence-corrected chi connectivity index (χ0v) is 14.6. The lowest BCUT2D eigenvalue weighted by Gasteiger charge is -2.25. The number of imidazole rings is 1. The number of piperidine rings is 1. The maximum Gasteiger partial charge on any atom is 0.296 e. The van der Waals surface area contributed by atoms with Crippen LogP contribution in [0.1, 0.15) is 35.3 Å². The highest BCUT2D eigenvalue weighted by Crippen LogP contribution is 2.17. The number of benzene rings is 1. The van der Waals surface area contributed by atoms with Crippen molar-refractivity contribution < 1.29 is 9.53 Å². The molecule has 0 N–H and O–H groups in total. The summed E-state index contributed by atoms with van der Waals surface area (Å²) in [6.45, 7) is 3.77. The van der Waals surface area contributed by atoms with Crippen LogP contribution in [0.4, 0.5) is 0 Å². The molecule has 1 saturated heterocycles. The molecule has 1 aromatic heterocycles. The molecule has 0 amide bonds. The predicted molar refractivity (Wildman–Crippen MR) is 93.9 cm³/mol. The average Bonchev–Trinajstić information content (AvgIpc) is 2.97. The van der Waals surface area contributed by atoms with Gasteiger partial charge in [-0.2, -0.15) is 0 Å². The Morgan fingerprint density at radius 2 is 1.92 bits per heavy atom. The highest BCUT2D eigenvalue weighted by molar-refractivity contribution is 6.30. The molecule has 2 aromatic rings. The van der Waals surface area contributed by atoms with E-state index < -0.39 is 0 Å². The fraction of sp³-hybridized carbons (Fsp3) is 0.444. The lowest BCUT2D eigenvalue weighted by molar-refractivity contribution is 0.102. The first-order chi connectivity index (χ1) is 11.6. The average molecular weight is 348 g/mol. The third-order valence-corrected chi connectivity index (χ3v) is 4.62. The largest absolute Gasteiger partial charge is 0.463 e. The monoisotopic (exact) mass is 347 g/mol. The summed E-state index contributed by atoms with van der Waals surface area (Å²) in [6.07, 6.45) is 5.42. The van der Waals surface area contributed by atoms with Crippen LogP contribution in [0.15, 0.2) is 30.5 Å². The van der Waals surface area contributed by atoms with E-state index in [0.29, 0.717) is 28.9 Å². The maximum atomic E-state index is 12.5. The van der Waals surface area contributed by atoms with Crippen molar-refractivity contribution in [1.29, 1.82) is 0 Å². The van der Waals surface area contributed by atoms with Crippen molar-refractivity contribution in [2.45, 2.75) is 19.3 Å². The molecular weight excluding hydrogens is 326 g/mol. The van der Waals surface area contributed by atoms with E-state index in [4.69, 9.17) is 16.3 Å². The molecule has 128 valence electrons. The van der Waals surface area contributed by atoms with Crippen molar-refractivity contribution in [3.05, 3.63) is 46.7 Å². The van der Waals surface area contributed by atoms with Crippen LogP contribution in [0.25, 0.3) is 0 Å². The Hall–Kier alpha value is -1.85. The summed E-state index contributed by atoms with van der Waals surface area (Å²) in [5.41, 5.74) is 1.09. The van der Waals surface area contributed by atoms with Crippen LogP contribution in [0.2, 0.25) is 5.02 Å². The Kier molecular flexibility index (Phi) is 5.53. The van der Waals surface area contributed by atoms with E-state index in [1.54, 1.807) is 42.1 Å². The summed E-state index contributed by atoms with van der Waals surface area (Å²) < 4.78 is 7.46. The van der Waals surface area contributed by atoms with Crippen molar-refractivity contribution in [3.63, 3.8) is 0 Å². The van der Waals surface area contributed by atoms with E-state index in [2.05, 4.69) is 9.88 Å². The number of likely N-dealkylation sites (tertiary alicyclic amines) is 1. The van der Waals surface area contributed by atoms with Crippen LogP contribution in [0.3, 0.4) is 0 Å². The number of rotatable bonds is 6. The van der Waals surface area contributed by atoms with Gasteiger partial charge in [-0.25, -0.2) is 4.98 Å². The molecule has 0 bridgehead atoms. The molecular formula is C18H22ClN3O2. The van der Waals surface area contributed by atoms with Crippen LogP contribution in [0.5, 0.6) is 6.01 Å². The predicted octanol–water partition coefficient (Wildman–Crippen LogP) is 3.17. The first-order valence-electron chi connectivity index (χ1n) is 8.32. The van der Waals surface area contributed by atoms with E-state index in [1.165, 1.54) is 19.3 Å². The third-order valence-electron chi connectivity index (χ3n) is 4.37. The quantitative estimate of drug-likeness (QED) is 0.753. The lowest BCUT2D eigenvalue weighted by atomic mass is 10.1. The van der Waals surface area contributed by atoms with Gasteiger partial charge >= 0.3 is 0 Å². The Morgan fingerprint density at radius 1 is 1.21 bits per heavy atom. The summed E-state index contributed by atoms with van der Waals surface area (Å²) in [5, 5.41) is 0.610. The molecule has 24 heavy (non-hydrogen) atoms. The van der Waals surface area contributed by atoms with Crippen molar-refractivity contribution in [3.8, 4) is 6.01 Å². The van der Waals surface area contributed by atoms with E-state index >= 15 is 0 Å². The molecule has 0 spiro atoms. The van der Waals surface area contributed by atoms with Gasteiger partial charge in [-0.1, -0.05) is 18.0 Å². The minimum Gasteiger partial charge on any atom is -0.463 e. The molecule has 0 aliphatic carbocycles. The van der Waals surface area contributed by atoms with Gasteiger partial charge in [0, 0.05) is 24.2 Å². The van der Waals surface area contributed by atoms with Crippen LogP contribution < -0.4 is 4.74 Å². The van der Waals surface area contributed by atoms with Crippen LogP contribution in [0, 0.1) is 0 Å². The standard InChI is InChI=1S/C18H22ClN3O2/c1-21-16(17(23)14-5-7-15(19)8-6-14)13-20-18(21)24-12-11-22-9-3-2-4-10-22/h5-8,13H,2-4,9-12H2,1H3. The van der Waals surface area contributed by atoms with Crippen molar-refractivity contribution in [2.24, 2.45) is 7.05 Å². The number of halogens is 1. The molecule has 2 heterocycles. The highest BCUT2D eigenvalue weighted by Gasteiger charge is 2.17. The van der Waals surface area contributed by atoms with Gasteiger partial charge in [0.25, 0.3) is 6.01 Å². The number of ether oxygens (including phenoxy) is 1. The van der Waals surface area contributed by atoms with Crippen molar-refractivity contribution in [1.82, 2.24) is 14.5 Å². The summed E-state index contributed by atoms with van der Waals surface area (Å²) in [5.74, 6) is -0.0902. The smallest absolute Gasteiger partial charge is 0.296 e. The lowest BCUT2D eigenvalue weighted by Crippen LogP contribution is -2.33. The van der Waals surface area contributed by atoms with Gasteiger partial charge in [0.15, 0.2) is 0 Å². The number of ketones is 1. The van der Waals surface area contributed by atoms with Gasteiger partial charge in [0.2, 0.25) is 5.78 Å². The Bertz CT molecular complexity index is 691. The summed E-state index contributed by atoms with van der Waals surface area (Å²) in [6, 6.07) is 7.33. The second-order valence-corrected chi connectivity index (χ2v) is 6.51. The number of aromatic nitrogens is 2. The number of hydrogen-bond acceptors (Lipinski definition) is 4. The number of carbonyl (C=O) groups excluding carboxylic acids is 1. The molecule has 0 unspecified atom stereocenters. The topological polar surface area (TPSA) is 47.4 Å². The molecule has 0 saturated carbocycles. The zero-order chi connectivity index (χ0) is 16.9. The van der Waals surface area contributed by atoms with Gasteiger partial charge in [0.05, 0.1) is 6.20 Å². The Morgan fingerprint density at radius 3 is 2.62 bits per heavy atom. The first kappa shape index (κ1) is 17.0. The van der Waals surface area contributed by atoms with Crippen molar-refractivity contribution >= 4 is 17.4 Å². The van der Waals surface area contributed by atoms with Gasteiger partial charge < -0.3 is 4.74 Å². The zero-order valence-electron chi connectivity index (χ0n) is 13.9. The molecule has 3 rings (SSSR count). The fourth-order valence-electron chi connectivity index (χ4n) is 2.94. The second-order valence-electron chi connectivity index (χ2n) is 6.07.